The lowest BCUT2D eigenvalue weighted by molar-refractivity contribution is -0.432. The summed E-state index contributed by atoms with van der Waals surface area (Å²) in [6.07, 6.45) is 4.70. The van der Waals surface area contributed by atoms with Gasteiger partial charge < -0.3 is 4.90 Å². The summed E-state index contributed by atoms with van der Waals surface area (Å²) in [4.78, 5) is 2.56. The number of fused-ring (bicyclic) bond motifs is 1. The minimum Gasteiger partial charge on any atom is -0.362 e. The van der Waals surface area contributed by atoms with Gasteiger partial charge in [-0.3, -0.25) is 0 Å². The van der Waals surface area contributed by atoms with Crippen molar-refractivity contribution in [3.05, 3.63) is 34.1 Å². The van der Waals surface area contributed by atoms with Crippen molar-refractivity contribution in [2.24, 2.45) is 5.92 Å². The Hall–Kier alpha value is -0.750. The maximum atomic E-state index is 8.39. The first-order chi connectivity index (χ1) is 10.8. The highest BCUT2D eigenvalue weighted by Crippen LogP contribution is 2.45. The smallest absolute Gasteiger partial charge is 0.0534 e. The van der Waals surface area contributed by atoms with Gasteiger partial charge in [-0.15, -0.1) is 4.33 Å². The Kier molecular flexibility index (Phi) is 6.00. The van der Waals surface area contributed by atoms with Crippen LogP contribution in [0.2, 0.25) is 0 Å². The van der Waals surface area contributed by atoms with Crippen LogP contribution in [0.3, 0.4) is 0 Å². The highest BCUT2D eigenvalue weighted by molar-refractivity contribution is 7.94. The van der Waals surface area contributed by atoms with E-state index in [9.17, 15) is 0 Å². The van der Waals surface area contributed by atoms with Crippen LogP contribution in [0, 0.1) is 5.92 Å². The topological polar surface area (TPSA) is 41.9 Å². The van der Waals surface area contributed by atoms with Crippen LogP contribution in [0.15, 0.2) is 34.1 Å². The lowest BCUT2D eigenvalue weighted by atomic mass is 9.78. The van der Waals surface area contributed by atoms with Crippen molar-refractivity contribution in [3.63, 3.8) is 0 Å². The molecule has 2 aliphatic heterocycles. The summed E-state index contributed by atoms with van der Waals surface area (Å²) in [6, 6.07) is 0. The van der Waals surface area contributed by atoms with Gasteiger partial charge in [0.05, 0.1) is 5.54 Å². The highest BCUT2D eigenvalue weighted by atomic mass is 32.2. The number of allylic oxidation sites excluding steroid dienone is 3. The lowest BCUT2D eigenvalue weighted by Gasteiger charge is -2.49. The molecule has 0 aliphatic carbocycles. The van der Waals surface area contributed by atoms with E-state index < -0.39 is 0 Å². The van der Waals surface area contributed by atoms with Crippen molar-refractivity contribution in [1.82, 2.24) is 4.90 Å². The second-order valence-electron chi connectivity index (χ2n) is 7.38. The van der Waals surface area contributed by atoms with Crippen LogP contribution in [0.1, 0.15) is 54.4 Å². The fraction of sp³-hybridized carbons (Fsp3) is 0.667. The van der Waals surface area contributed by atoms with Crippen LogP contribution in [-0.4, -0.2) is 28.0 Å². The number of nitrogens with zero attached hydrogens (tertiary/aromatic N) is 1. The molecule has 1 N–H and O–H groups in total. The van der Waals surface area contributed by atoms with E-state index in [4.69, 9.17) is 5.26 Å². The molecule has 0 aromatic heterocycles. The molecule has 4 nitrogen and oxygen atoms in total. The Labute approximate surface area is 144 Å². The molecule has 1 saturated heterocycles. The highest BCUT2D eigenvalue weighted by Gasteiger charge is 2.38. The first kappa shape index (κ1) is 18.6. The number of piperidine rings is 1. The zero-order valence-corrected chi connectivity index (χ0v) is 15.9. The van der Waals surface area contributed by atoms with Gasteiger partial charge in [-0.1, -0.05) is 30.5 Å². The van der Waals surface area contributed by atoms with Crippen molar-refractivity contribution in [3.8, 4) is 0 Å². The summed E-state index contributed by atoms with van der Waals surface area (Å²) >= 11 is 1.12. The predicted molar refractivity (Wildman–Crippen MR) is 95.6 cm³/mol. The van der Waals surface area contributed by atoms with Gasteiger partial charge in [0.25, 0.3) is 0 Å². The summed E-state index contributed by atoms with van der Waals surface area (Å²) in [7, 11) is 0. The van der Waals surface area contributed by atoms with Gasteiger partial charge in [0, 0.05) is 30.0 Å². The average Bonchev–Trinajstić information content (AvgIpc) is 2.46. The molecule has 2 aliphatic rings. The minimum atomic E-state index is -0.0230. The van der Waals surface area contributed by atoms with Gasteiger partial charge in [0.15, 0.2) is 0 Å². The van der Waals surface area contributed by atoms with Gasteiger partial charge >= 0.3 is 0 Å². The zero-order chi connectivity index (χ0) is 17.2. The molecule has 0 atom stereocenters. The molecular formula is C18H29NO3S. The van der Waals surface area contributed by atoms with E-state index in [0.29, 0.717) is 11.7 Å². The van der Waals surface area contributed by atoms with Crippen molar-refractivity contribution in [2.45, 2.75) is 59.9 Å². The maximum Gasteiger partial charge on any atom is 0.0534 e. The van der Waals surface area contributed by atoms with Crippen molar-refractivity contribution >= 4 is 12.0 Å². The third kappa shape index (κ3) is 3.85. The van der Waals surface area contributed by atoms with Gasteiger partial charge in [-0.05, 0) is 63.2 Å². The zero-order valence-electron chi connectivity index (χ0n) is 15.1. The Balaban J connectivity index is 2.54. The molecule has 0 aromatic carbocycles. The van der Waals surface area contributed by atoms with Crippen molar-refractivity contribution < 1.29 is 14.6 Å². The monoisotopic (exact) mass is 339 g/mol. The third-order valence-electron chi connectivity index (χ3n) is 4.66. The van der Waals surface area contributed by atoms with Crippen LogP contribution in [-0.2, 0) is 9.37 Å². The predicted octanol–water partition coefficient (Wildman–Crippen LogP) is 5.12. The molecular weight excluding hydrogens is 310 g/mol. The molecule has 0 saturated carbocycles. The van der Waals surface area contributed by atoms with Crippen LogP contribution in [0.25, 0.3) is 0 Å². The molecule has 0 bridgehead atoms. The molecule has 0 amide bonds. The lowest BCUT2D eigenvalue weighted by Crippen LogP contribution is -2.48. The molecule has 1 fully saturated rings. The molecule has 0 radical (unpaired) electrons. The van der Waals surface area contributed by atoms with E-state index in [-0.39, 0.29) is 5.54 Å². The molecule has 5 heteroatoms. The molecule has 2 heterocycles. The molecule has 2 rings (SSSR count). The number of hydrogen-bond donors (Lipinski definition) is 1. The van der Waals surface area contributed by atoms with Gasteiger partial charge in [0.2, 0.25) is 0 Å². The largest absolute Gasteiger partial charge is 0.362 e. The first-order valence-electron chi connectivity index (χ1n) is 8.30. The third-order valence-corrected chi connectivity index (χ3v) is 5.25. The van der Waals surface area contributed by atoms with Crippen molar-refractivity contribution in [1.29, 1.82) is 0 Å². The Bertz CT molecular complexity index is 542. The fourth-order valence-electron chi connectivity index (χ4n) is 3.78. The standard InChI is InChI=1S/C18H29NO3S/c1-12(2)15-8-7-9-19-17(15)16(13(3)4)14(10-18(19,5)6)11-23-22-21-20/h10,13,20H,7-9,11H2,1-6H3. The van der Waals surface area contributed by atoms with E-state index in [2.05, 4.69) is 61.9 Å². The number of rotatable bonds is 5. The van der Waals surface area contributed by atoms with Gasteiger partial charge in [0.1, 0.15) is 0 Å². The Morgan fingerprint density at radius 3 is 2.65 bits per heavy atom. The summed E-state index contributed by atoms with van der Waals surface area (Å²) in [5.74, 6) is 1.09. The summed E-state index contributed by atoms with van der Waals surface area (Å²) < 4.78 is 4.63. The first-order valence-corrected chi connectivity index (χ1v) is 9.21. The summed E-state index contributed by atoms with van der Waals surface area (Å²) in [6.45, 7) is 14.6. The normalized spacial score (nSPS) is 20.8. The molecule has 23 heavy (non-hydrogen) atoms. The quantitative estimate of drug-likeness (QED) is 0.326. The second-order valence-corrected chi connectivity index (χ2v) is 8.04. The average molecular weight is 340 g/mol. The Morgan fingerprint density at radius 1 is 1.39 bits per heavy atom. The van der Waals surface area contributed by atoms with Crippen molar-refractivity contribution in [2.75, 3.05) is 12.3 Å². The summed E-state index contributed by atoms with van der Waals surface area (Å²) in [5, 5.41) is 12.1. The molecule has 0 aromatic rings. The van der Waals surface area contributed by atoms with E-state index in [1.807, 2.05) is 0 Å². The maximum absolute atomic E-state index is 8.39. The van der Waals surface area contributed by atoms with Crippen LogP contribution in [0.4, 0.5) is 0 Å². The van der Waals surface area contributed by atoms with E-state index >= 15 is 0 Å². The van der Waals surface area contributed by atoms with Crippen LogP contribution < -0.4 is 0 Å². The van der Waals surface area contributed by atoms with E-state index in [1.54, 1.807) is 0 Å². The van der Waals surface area contributed by atoms with Gasteiger partial charge in [-0.2, -0.15) is 0 Å². The van der Waals surface area contributed by atoms with Gasteiger partial charge in [-0.25, -0.2) is 5.26 Å². The second kappa shape index (κ2) is 7.43. The molecule has 0 spiro atoms. The molecule has 130 valence electrons. The van der Waals surface area contributed by atoms with Crippen LogP contribution in [0.5, 0.6) is 0 Å². The number of hydrogen-bond acceptors (Lipinski definition) is 5. The summed E-state index contributed by atoms with van der Waals surface area (Å²) in [5.41, 5.74) is 6.96. The Morgan fingerprint density at radius 2 is 2.09 bits per heavy atom. The fourth-order valence-corrected chi connectivity index (χ4v) is 4.24. The molecule has 0 unspecified atom stereocenters. The van der Waals surface area contributed by atoms with Crippen LogP contribution >= 0.6 is 12.0 Å². The SMILES string of the molecule is CC(C)=C1CCCN2C1=C(C(C)C)C(CSOOO)=CC2(C)C. The van der Waals surface area contributed by atoms with E-state index in [0.717, 1.165) is 25.0 Å². The minimum absolute atomic E-state index is 0.0230. The van der Waals surface area contributed by atoms with E-state index in [1.165, 1.54) is 34.4 Å².